The van der Waals surface area contributed by atoms with Gasteiger partial charge in [0.15, 0.2) is 0 Å². The van der Waals surface area contributed by atoms with E-state index in [1.54, 1.807) is 0 Å². The van der Waals surface area contributed by atoms with Gasteiger partial charge in [0.2, 0.25) is 0 Å². The van der Waals surface area contributed by atoms with Crippen molar-refractivity contribution in [3.63, 3.8) is 0 Å². The van der Waals surface area contributed by atoms with E-state index in [-0.39, 0.29) is 0 Å². The molecule has 4 unspecified atom stereocenters. The highest BCUT2D eigenvalue weighted by Gasteiger charge is 2.37. The van der Waals surface area contributed by atoms with Gasteiger partial charge in [-0.3, -0.25) is 0 Å². The Hall–Kier alpha value is -0.0400. The van der Waals surface area contributed by atoms with Crippen LogP contribution in [-0.4, -0.2) is 13.2 Å². The first-order valence-electron chi connectivity index (χ1n) is 5.37. The van der Waals surface area contributed by atoms with Crippen molar-refractivity contribution < 1.29 is 4.74 Å². The molecule has 1 saturated carbocycles. The van der Waals surface area contributed by atoms with Crippen molar-refractivity contribution in [2.24, 2.45) is 23.7 Å². The molecule has 0 bridgehead atoms. The summed E-state index contributed by atoms with van der Waals surface area (Å²) in [4.78, 5) is 0. The Morgan fingerprint density at radius 1 is 0.917 bits per heavy atom. The lowest BCUT2D eigenvalue weighted by atomic mass is 9.82. The van der Waals surface area contributed by atoms with E-state index in [1.165, 1.54) is 19.3 Å². The minimum atomic E-state index is 0.808. The van der Waals surface area contributed by atoms with Gasteiger partial charge in [0.05, 0.1) is 0 Å². The summed E-state index contributed by atoms with van der Waals surface area (Å²) in [6.07, 6.45) is 4.23. The molecule has 0 N–H and O–H groups in total. The fraction of sp³-hybridized carbons (Fsp3) is 1.00. The number of hydrogen-bond donors (Lipinski definition) is 0. The second-order valence-corrected chi connectivity index (χ2v) is 4.72. The third-order valence-electron chi connectivity index (χ3n) is 3.94. The van der Waals surface area contributed by atoms with Gasteiger partial charge in [-0.05, 0) is 36.5 Å². The van der Waals surface area contributed by atoms with Crippen molar-refractivity contribution in [3.8, 4) is 0 Å². The molecule has 12 heavy (non-hydrogen) atoms. The SMILES string of the molecule is CC1CCC2C(C)COCCC12. The Morgan fingerprint density at radius 2 is 1.67 bits per heavy atom. The summed E-state index contributed by atoms with van der Waals surface area (Å²) in [6.45, 7) is 6.80. The first kappa shape index (κ1) is 8.55. The van der Waals surface area contributed by atoms with E-state index in [1.807, 2.05) is 0 Å². The molecule has 4 atom stereocenters. The van der Waals surface area contributed by atoms with Crippen LogP contribution < -0.4 is 0 Å². The van der Waals surface area contributed by atoms with Crippen molar-refractivity contribution in [1.29, 1.82) is 0 Å². The number of ether oxygens (including phenoxy) is 1. The monoisotopic (exact) mass is 168 g/mol. The topological polar surface area (TPSA) is 9.23 Å². The molecule has 2 fully saturated rings. The van der Waals surface area contributed by atoms with Gasteiger partial charge in [0.1, 0.15) is 0 Å². The molecule has 0 aromatic rings. The maximum Gasteiger partial charge on any atom is 0.0494 e. The molecule has 1 heterocycles. The molecule has 1 heteroatoms. The molecular weight excluding hydrogens is 148 g/mol. The van der Waals surface area contributed by atoms with E-state index >= 15 is 0 Å². The molecule has 1 aliphatic heterocycles. The van der Waals surface area contributed by atoms with Crippen LogP contribution in [0.3, 0.4) is 0 Å². The summed E-state index contributed by atoms with van der Waals surface area (Å²) >= 11 is 0. The highest BCUT2D eigenvalue weighted by molar-refractivity contribution is 4.86. The summed E-state index contributed by atoms with van der Waals surface area (Å²) in [5.41, 5.74) is 0. The largest absolute Gasteiger partial charge is 0.381 e. The molecule has 2 aliphatic rings. The normalized spacial score (nSPS) is 48.5. The predicted molar refractivity (Wildman–Crippen MR) is 50.0 cm³/mol. The van der Waals surface area contributed by atoms with Crippen LogP contribution in [0, 0.1) is 23.7 Å². The zero-order valence-corrected chi connectivity index (χ0v) is 8.25. The first-order valence-corrected chi connectivity index (χ1v) is 5.37. The Morgan fingerprint density at radius 3 is 2.50 bits per heavy atom. The van der Waals surface area contributed by atoms with Crippen LogP contribution in [0.5, 0.6) is 0 Å². The third kappa shape index (κ3) is 1.39. The highest BCUT2D eigenvalue weighted by atomic mass is 16.5. The fourth-order valence-electron chi connectivity index (χ4n) is 3.12. The number of fused-ring (bicyclic) bond motifs is 1. The molecule has 0 aromatic carbocycles. The quantitative estimate of drug-likeness (QED) is 0.540. The minimum Gasteiger partial charge on any atom is -0.381 e. The van der Waals surface area contributed by atoms with Crippen molar-refractivity contribution in [2.45, 2.75) is 33.1 Å². The van der Waals surface area contributed by atoms with E-state index in [9.17, 15) is 0 Å². The second-order valence-electron chi connectivity index (χ2n) is 4.72. The lowest BCUT2D eigenvalue weighted by Crippen LogP contribution is -2.19. The maximum atomic E-state index is 5.59. The molecule has 1 nitrogen and oxygen atoms in total. The molecule has 0 aromatic heterocycles. The third-order valence-corrected chi connectivity index (χ3v) is 3.94. The van der Waals surface area contributed by atoms with Gasteiger partial charge in [0.25, 0.3) is 0 Å². The van der Waals surface area contributed by atoms with E-state index < -0.39 is 0 Å². The van der Waals surface area contributed by atoms with Crippen molar-refractivity contribution in [3.05, 3.63) is 0 Å². The van der Waals surface area contributed by atoms with E-state index in [0.717, 1.165) is 36.9 Å². The maximum absolute atomic E-state index is 5.59. The molecule has 0 spiro atoms. The average Bonchev–Trinajstić information content (AvgIpc) is 2.30. The van der Waals surface area contributed by atoms with Gasteiger partial charge in [-0.1, -0.05) is 20.3 Å². The first-order chi connectivity index (χ1) is 5.79. The zero-order chi connectivity index (χ0) is 8.55. The summed E-state index contributed by atoms with van der Waals surface area (Å²) < 4.78 is 5.59. The van der Waals surface area contributed by atoms with Gasteiger partial charge in [-0.25, -0.2) is 0 Å². The average molecular weight is 168 g/mol. The van der Waals surface area contributed by atoms with Gasteiger partial charge in [-0.15, -0.1) is 0 Å². The fourth-order valence-corrected chi connectivity index (χ4v) is 3.12. The standard InChI is InChI=1S/C11H20O/c1-8-3-4-10-9(2)7-12-6-5-11(8)10/h8-11H,3-7H2,1-2H3. The lowest BCUT2D eigenvalue weighted by molar-refractivity contribution is 0.110. The van der Waals surface area contributed by atoms with Crippen LogP contribution in [0.1, 0.15) is 33.1 Å². The van der Waals surface area contributed by atoms with Crippen molar-refractivity contribution >= 4 is 0 Å². The lowest BCUT2D eigenvalue weighted by Gasteiger charge is -2.23. The Kier molecular flexibility index (Phi) is 2.40. The van der Waals surface area contributed by atoms with Crippen LogP contribution in [0.15, 0.2) is 0 Å². The van der Waals surface area contributed by atoms with Gasteiger partial charge in [-0.2, -0.15) is 0 Å². The summed E-state index contributed by atoms with van der Waals surface area (Å²) in [5, 5.41) is 0. The highest BCUT2D eigenvalue weighted by Crippen LogP contribution is 2.44. The second kappa shape index (κ2) is 3.37. The predicted octanol–water partition coefficient (Wildman–Crippen LogP) is 2.71. The number of rotatable bonds is 0. The van der Waals surface area contributed by atoms with Crippen LogP contribution in [0.2, 0.25) is 0 Å². The molecule has 1 saturated heterocycles. The smallest absolute Gasteiger partial charge is 0.0494 e. The van der Waals surface area contributed by atoms with Gasteiger partial charge < -0.3 is 4.74 Å². The van der Waals surface area contributed by atoms with Gasteiger partial charge in [0, 0.05) is 13.2 Å². The molecule has 0 radical (unpaired) electrons. The van der Waals surface area contributed by atoms with Gasteiger partial charge >= 0.3 is 0 Å². The van der Waals surface area contributed by atoms with Crippen LogP contribution >= 0.6 is 0 Å². The summed E-state index contributed by atoms with van der Waals surface area (Å²) in [6, 6.07) is 0. The molecular formula is C11H20O. The number of hydrogen-bond acceptors (Lipinski definition) is 1. The molecule has 2 rings (SSSR count). The molecule has 0 amide bonds. The Bertz CT molecular complexity index is 155. The van der Waals surface area contributed by atoms with E-state index in [2.05, 4.69) is 13.8 Å². The van der Waals surface area contributed by atoms with Crippen molar-refractivity contribution in [2.75, 3.05) is 13.2 Å². The summed E-state index contributed by atoms with van der Waals surface area (Å²) in [5.74, 6) is 3.71. The van der Waals surface area contributed by atoms with Crippen LogP contribution in [0.4, 0.5) is 0 Å². The Balaban J connectivity index is 2.07. The van der Waals surface area contributed by atoms with Crippen LogP contribution in [0.25, 0.3) is 0 Å². The Labute approximate surface area is 75.5 Å². The zero-order valence-electron chi connectivity index (χ0n) is 8.25. The summed E-state index contributed by atoms with van der Waals surface area (Å²) in [7, 11) is 0. The minimum absolute atomic E-state index is 0.808. The van der Waals surface area contributed by atoms with E-state index in [0.29, 0.717) is 0 Å². The van der Waals surface area contributed by atoms with Crippen molar-refractivity contribution in [1.82, 2.24) is 0 Å². The molecule has 70 valence electrons. The van der Waals surface area contributed by atoms with E-state index in [4.69, 9.17) is 4.74 Å². The molecule has 1 aliphatic carbocycles. The van der Waals surface area contributed by atoms with Crippen LogP contribution in [-0.2, 0) is 4.74 Å².